The van der Waals surface area contributed by atoms with Crippen molar-refractivity contribution in [2.45, 2.75) is 19.9 Å². The minimum atomic E-state index is -0.790. The second kappa shape index (κ2) is 9.14. The number of methoxy groups -OCH3 is 1. The Morgan fingerprint density at radius 1 is 0.844 bits per heavy atom. The Kier molecular flexibility index (Phi) is 6.12. The monoisotopic (exact) mass is 430 g/mol. The third kappa shape index (κ3) is 4.17. The Balaban J connectivity index is 1.76. The average Bonchev–Trinajstić information content (AvgIpc) is 2.82. The fourth-order valence-corrected chi connectivity index (χ4v) is 3.88. The van der Waals surface area contributed by atoms with Gasteiger partial charge in [-0.2, -0.15) is 0 Å². The SMILES string of the molecule is CCOc1ccc(N2C(=O)CN(c3ccc(C)cc3)C(=O)[C@H]2c2ccc(OC)cc2)cc1. The molecule has 0 aliphatic carbocycles. The lowest BCUT2D eigenvalue weighted by Gasteiger charge is -2.40. The Labute approximate surface area is 188 Å². The molecular weight excluding hydrogens is 404 g/mol. The lowest BCUT2D eigenvalue weighted by atomic mass is 9.99. The van der Waals surface area contributed by atoms with Gasteiger partial charge in [0.2, 0.25) is 5.91 Å². The first-order valence-electron chi connectivity index (χ1n) is 10.6. The summed E-state index contributed by atoms with van der Waals surface area (Å²) in [7, 11) is 1.59. The summed E-state index contributed by atoms with van der Waals surface area (Å²) in [5, 5.41) is 0. The highest BCUT2D eigenvalue weighted by Gasteiger charge is 2.41. The van der Waals surface area contributed by atoms with Gasteiger partial charge in [0.1, 0.15) is 24.1 Å². The van der Waals surface area contributed by atoms with Crippen molar-refractivity contribution in [3.8, 4) is 11.5 Å². The molecule has 3 aromatic rings. The van der Waals surface area contributed by atoms with E-state index < -0.39 is 6.04 Å². The number of amides is 2. The summed E-state index contributed by atoms with van der Waals surface area (Å²) in [5.74, 6) is 1.09. The molecule has 4 rings (SSSR count). The molecule has 0 N–H and O–H groups in total. The van der Waals surface area contributed by atoms with Crippen LogP contribution < -0.4 is 19.3 Å². The summed E-state index contributed by atoms with van der Waals surface area (Å²) in [5.41, 5.74) is 3.16. The van der Waals surface area contributed by atoms with Crippen molar-refractivity contribution >= 4 is 23.2 Å². The molecule has 0 saturated carbocycles. The number of benzene rings is 3. The van der Waals surface area contributed by atoms with Crippen molar-refractivity contribution in [3.63, 3.8) is 0 Å². The van der Waals surface area contributed by atoms with Crippen LogP contribution in [0.25, 0.3) is 0 Å². The molecule has 2 amide bonds. The minimum Gasteiger partial charge on any atom is -0.497 e. The van der Waals surface area contributed by atoms with E-state index >= 15 is 0 Å². The highest BCUT2D eigenvalue weighted by molar-refractivity contribution is 6.14. The summed E-state index contributed by atoms with van der Waals surface area (Å²) in [6.45, 7) is 4.43. The number of anilines is 2. The number of hydrogen-bond acceptors (Lipinski definition) is 4. The van der Waals surface area contributed by atoms with E-state index in [1.807, 2.05) is 74.5 Å². The van der Waals surface area contributed by atoms with Gasteiger partial charge in [-0.3, -0.25) is 14.5 Å². The largest absolute Gasteiger partial charge is 0.497 e. The second-order valence-electron chi connectivity index (χ2n) is 7.63. The fraction of sp³-hybridized carbons (Fsp3) is 0.231. The molecule has 6 heteroatoms. The highest BCUT2D eigenvalue weighted by Crippen LogP contribution is 2.35. The quantitative estimate of drug-likeness (QED) is 0.577. The molecular formula is C26H26N2O4. The van der Waals surface area contributed by atoms with Crippen molar-refractivity contribution in [1.29, 1.82) is 0 Å². The summed E-state index contributed by atoms with van der Waals surface area (Å²) in [6, 6.07) is 21.3. The van der Waals surface area contributed by atoms with Crippen LogP contribution in [0.4, 0.5) is 11.4 Å². The predicted octanol–water partition coefficient (Wildman–Crippen LogP) is 4.52. The zero-order chi connectivity index (χ0) is 22.7. The highest BCUT2D eigenvalue weighted by atomic mass is 16.5. The lowest BCUT2D eigenvalue weighted by Crippen LogP contribution is -2.56. The van der Waals surface area contributed by atoms with E-state index in [0.29, 0.717) is 29.5 Å². The van der Waals surface area contributed by atoms with Crippen LogP contribution in [0.5, 0.6) is 11.5 Å². The second-order valence-corrected chi connectivity index (χ2v) is 7.63. The Morgan fingerprint density at radius 2 is 1.44 bits per heavy atom. The first-order valence-corrected chi connectivity index (χ1v) is 10.6. The van der Waals surface area contributed by atoms with Gasteiger partial charge in [-0.05, 0) is 67.9 Å². The molecule has 32 heavy (non-hydrogen) atoms. The summed E-state index contributed by atoms with van der Waals surface area (Å²) in [4.78, 5) is 30.3. The van der Waals surface area contributed by atoms with Gasteiger partial charge in [0.25, 0.3) is 5.91 Å². The van der Waals surface area contributed by atoms with Gasteiger partial charge in [0.05, 0.1) is 13.7 Å². The topological polar surface area (TPSA) is 59.1 Å². The lowest BCUT2D eigenvalue weighted by molar-refractivity contribution is -0.128. The molecule has 0 radical (unpaired) electrons. The van der Waals surface area contributed by atoms with Crippen LogP contribution in [0.2, 0.25) is 0 Å². The number of rotatable bonds is 6. The van der Waals surface area contributed by atoms with Crippen LogP contribution in [0.1, 0.15) is 24.1 Å². The maximum Gasteiger partial charge on any atom is 0.255 e. The molecule has 1 atom stereocenters. The third-order valence-corrected chi connectivity index (χ3v) is 5.52. The number of nitrogens with zero attached hydrogens (tertiary/aromatic N) is 2. The molecule has 3 aromatic carbocycles. The van der Waals surface area contributed by atoms with Gasteiger partial charge in [0, 0.05) is 11.4 Å². The zero-order valence-corrected chi connectivity index (χ0v) is 18.4. The normalized spacial score (nSPS) is 16.3. The fourth-order valence-electron chi connectivity index (χ4n) is 3.88. The van der Waals surface area contributed by atoms with Crippen LogP contribution in [0.3, 0.4) is 0 Å². The van der Waals surface area contributed by atoms with Gasteiger partial charge in [-0.25, -0.2) is 0 Å². The van der Waals surface area contributed by atoms with Crippen molar-refractivity contribution in [2.75, 3.05) is 30.1 Å². The summed E-state index contributed by atoms with van der Waals surface area (Å²) in [6.07, 6.45) is 0. The molecule has 0 aromatic heterocycles. The van der Waals surface area contributed by atoms with Crippen molar-refractivity contribution < 1.29 is 19.1 Å². The molecule has 1 heterocycles. The van der Waals surface area contributed by atoms with Crippen molar-refractivity contribution in [3.05, 3.63) is 83.9 Å². The van der Waals surface area contributed by atoms with E-state index in [1.165, 1.54) is 0 Å². The smallest absolute Gasteiger partial charge is 0.255 e. The number of carbonyl (C=O) groups is 2. The average molecular weight is 431 g/mol. The van der Waals surface area contributed by atoms with Gasteiger partial charge in [0.15, 0.2) is 0 Å². The number of piperazine rings is 1. The Hall–Kier alpha value is -3.80. The molecule has 1 saturated heterocycles. The van der Waals surface area contributed by atoms with Crippen molar-refractivity contribution in [2.24, 2.45) is 0 Å². The van der Waals surface area contributed by atoms with Crippen LogP contribution in [0.15, 0.2) is 72.8 Å². The molecule has 0 bridgehead atoms. The van der Waals surface area contributed by atoms with Gasteiger partial charge >= 0.3 is 0 Å². The number of hydrogen-bond donors (Lipinski definition) is 0. The summed E-state index contributed by atoms with van der Waals surface area (Å²) >= 11 is 0. The zero-order valence-electron chi connectivity index (χ0n) is 18.4. The molecule has 1 aliphatic heterocycles. The van der Waals surface area contributed by atoms with E-state index in [-0.39, 0.29) is 18.4 Å². The van der Waals surface area contributed by atoms with E-state index in [2.05, 4.69) is 0 Å². The Bertz CT molecular complexity index is 1090. The predicted molar refractivity (Wildman–Crippen MR) is 124 cm³/mol. The third-order valence-electron chi connectivity index (χ3n) is 5.52. The molecule has 6 nitrogen and oxygen atoms in total. The molecule has 0 spiro atoms. The van der Waals surface area contributed by atoms with Gasteiger partial charge in [-0.15, -0.1) is 0 Å². The number of aryl methyl sites for hydroxylation is 1. The first-order chi connectivity index (χ1) is 15.5. The van der Waals surface area contributed by atoms with Crippen LogP contribution in [-0.2, 0) is 9.59 Å². The molecule has 164 valence electrons. The van der Waals surface area contributed by atoms with E-state index in [1.54, 1.807) is 29.0 Å². The first kappa shape index (κ1) is 21.4. The van der Waals surface area contributed by atoms with Crippen LogP contribution in [-0.4, -0.2) is 32.1 Å². The number of carbonyl (C=O) groups excluding carboxylic acids is 2. The summed E-state index contributed by atoms with van der Waals surface area (Å²) < 4.78 is 10.8. The van der Waals surface area contributed by atoms with Gasteiger partial charge in [-0.1, -0.05) is 29.8 Å². The Morgan fingerprint density at radius 3 is 2.03 bits per heavy atom. The van der Waals surface area contributed by atoms with Crippen LogP contribution >= 0.6 is 0 Å². The van der Waals surface area contributed by atoms with Crippen molar-refractivity contribution in [1.82, 2.24) is 0 Å². The van der Waals surface area contributed by atoms with E-state index in [9.17, 15) is 9.59 Å². The molecule has 1 aliphatic rings. The molecule has 1 fully saturated rings. The van der Waals surface area contributed by atoms with E-state index in [4.69, 9.17) is 9.47 Å². The standard InChI is InChI=1S/C26H26N2O4/c1-4-32-23-15-11-21(12-16-23)28-24(29)17-27(20-9-5-18(2)6-10-20)26(30)25(28)19-7-13-22(31-3)14-8-19/h5-16,25H,4,17H2,1-3H3/t25-/m1/s1. The minimum absolute atomic E-state index is 0.0260. The van der Waals surface area contributed by atoms with Crippen LogP contribution in [0, 0.1) is 6.92 Å². The number of ether oxygens (including phenoxy) is 2. The molecule has 0 unspecified atom stereocenters. The van der Waals surface area contributed by atoms with Gasteiger partial charge < -0.3 is 14.4 Å². The maximum absolute atomic E-state index is 13.7. The van der Waals surface area contributed by atoms with E-state index in [0.717, 1.165) is 11.1 Å². The maximum atomic E-state index is 13.7.